The van der Waals surface area contributed by atoms with Gasteiger partial charge in [0.15, 0.2) is 17.2 Å². The summed E-state index contributed by atoms with van der Waals surface area (Å²) in [5, 5.41) is 2.41. The van der Waals surface area contributed by atoms with Crippen molar-refractivity contribution in [3.8, 4) is 5.75 Å². The lowest BCUT2D eigenvalue weighted by atomic mass is 9.77. The van der Waals surface area contributed by atoms with E-state index in [9.17, 15) is 31.5 Å². The van der Waals surface area contributed by atoms with Crippen LogP contribution in [0.1, 0.15) is 41.5 Å². The second-order valence-electron chi connectivity index (χ2n) is 8.18. The first-order valence-corrected chi connectivity index (χ1v) is 10.1. The molecule has 0 bridgehead atoms. The van der Waals surface area contributed by atoms with Gasteiger partial charge < -0.3 is 20.5 Å². The quantitative estimate of drug-likeness (QED) is 0.624. The summed E-state index contributed by atoms with van der Waals surface area (Å²) in [4.78, 5) is 28.5. The molecule has 0 spiro atoms. The molecular formula is C22H22F5N3O4. The normalized spacial score (nSPS) is 24.7. The average molecular weight is 487 g/mol. The molecule has 0 aliphatic carbocycles. The number of nitrogens with zero attached hydrogens (tertiary/aromatic N) is 1. The fourth-order valence-corrected chi connectivity index (χ4v) is 4.12. The van der Waals surface area contributed by atoms with Crippen molar-refractivity contribution in [2.75, 3.05) is 12.4 Å². The van der Waals surface area contributed by atoms with Crippen LogP contribution in [-0.4, -0.2) is 41.8 Å². The third kappa shape index (κ3) is 4.29. The minimum absolute atomic E-state index is 0.0409. The molecule has 4 atom stereocenters. The number of carbonyl (C=O) groups excluding carboxylic acids is 2. The number of benzene rings is 1. The molecule has 2 heterocycles. The molecule has 1 aromatic heterocycles. The summed E-state index contributed by atoms with van der Waals surface area (Å²) in [6, 6.07) is 4.33. The molecule has 7 nitrogen and oxygen atoms in total. The largest absolute Gasteiger partial charge is 0.493 e. The minimum Gasteiger partial charge on any atom is -0.493 e. The van der Waals surface area contributed by atoms with Crippen molar-refractivity contribution in [2.24, 2.45) is 11.7 Å². The fraction of sp³-hybridized carbons (Fsp3) is 0.409. The Morgan fingerprint density at radius 1 is 1.24 bits per heavy atom. The smallest absolute Gasteiger partial charge is 0.417 e. The van der Waals surface area contributed by atoms with Crippen LogP contribution >= 0.6 is 0 Å². The van der Waals surface area contributed by atoms with Gasteiger partial charge in [-0.1, -0.05) is 13.0 Å². The van der Waals surface area contributed by atoms with Crippen LogP contribution in [0.25, 0.3) is 0 Å². The average Bonchev–Trinajstić information content (AvgIpc) is 3.01. The van der Waals surface area contributed by atoms with Crippen molar-refractivity contribution in [2.45, 2.75) is 44.6 Å². The van der Waals surface area contributed by atoms with Crippen molar-refractivity contribution in [3.05, 3.63) is 52.9 Å². The van der Waals surface area contributed by atoms with E-state index in [2.05, 4.69) is 10.3 Å². The van der Waals surface area contributed by atoms with Crippen molar-refractivity contribution >= 4 is 17.5 Å². The highest BCUT2D eigenvalue weighted by molar-refractivity contribution is 5.97. The highest BCUT2D eigenvalue weighted by atomic mass is 19.4. The number of nitrogens with two attached hydrogens (primary N) is 1. The van der Waals surface area contributed by atoms with Crippen LogP contribution in [0, 0.1) is 24.5 Å². The van der Waals surface area contributed by atoms with E-state index in [1.165, 1.54) is 19.9 Å². The number of alkyl halides is 3. The van der Waals surface area contributed by atoms with Crippen LogP contribution in [0.15, 0.2) is 24.3 Å². The van der Waals surface area contributed by atoms with Gasteiger partial charge >= 0.3 is 6.18 Å². The third-order valence-electron chi connectivity index (χ3n) is 6.04. The van der Waals surface area contributed by atoms with Crippen molar-refractivity contribution in [1.29, 1.82) is 0 Å². The molecule has 184 valence electrons. The van der Waals surface area contributed by atoms with Crippen LogP contribution in [0.2, 0.25) is 0 Å². The maximum atomic E-state index is 14.4. The van der Waals surface area contributed by atoms with Gasteiger partial charge in [0.05, 0.1) is 7.11 Å². The van der Waals surface area contributed by atoms with Crippen LogP contribution in [0.5, 0.6) is 5.75 Å². The molecule has 34 heavy (non-hydrogen) atoms. The zero-order chi connectivity index (χ0) is 25.6. The summed E-state index contributed by atoms with van der Waals surface area (Å²) in [6.07, 6.45) is -6.66. The Labute approximate surface area is 191 Å². The van der Waals surface area contributed by atoms with Gasteiger partial charge in [0.1, 0.15) is 11.8 Å². The number of hydrogen-bond acceptors (Lipinski definition) is 5. The van der Waals surface area contributed by atoms with E-state index in [1.54, 1.807) is 0 Å². The summed E-state index contributed by atoms with van der Waals surface area (Å²) in [7, 11) is 1.03. The molecule has 3 N–H and O–H groups in total. The monoisotopic (exact) mass is 487 g/mol. The van der Waals surface area contributed by atoms with E-state index in [-0.39, 0.29) is 16.9 Å². The Hall–Kier alpha value is -3.28. The molecule has 1 fully saturated rings. The Kier molecular flexibility index (Phi) is 6.57. The molecule has 0 saturated carbocycles. The predicted molar refractivity (Wildman–Crippen MR) is 110 cm³/mol. The first-order valence-electron chi connectivity index (χ1n) is 10.1. The van der Waals surface area contributed by atoms with Gasteiger partial charge in [0.2, 0.25) is 5.82 Å². The SMILES string of the molecule is COc1c([C@@H]2[C@@H](C(=O)Nc3cc(C)nc(C(N)=O)c3)O[C@@](C)(C(F)(F)F)[C@@H]2C)ccc(F)c1F. The number of aromatic nitrogens is 1. The number of pyridine rings is 1. The predicted octanol–water partition coefficient (Wildman–Crippen LogP) is 3.85. The number of primary amides is 1. The molecular weight excluding hydrogens is 465 g/mol. The first kappa shape index (κ1) is 25.3. The summed E-state index contributed by atoms with van der Waals surface area (Å²) in [6.45, 7) is 3.51. The summed E-state index contributed by atoms with van der Waals surface area (Å²) >= 11 is 0. The Balaban J connectivity index is 2.09. The van der Waals surface area contributed by atoms with Gasteiger partial charge in [0, 0.05) is 28.8 Å². The second kappa shape index (κ2) is 8.82. The molecule has 0 unspecified atom stereocenters. The van der Waals surface area contributed by atoms with E-state index in [1.807, 2.05) is 0 Å². The number of nitrogens with one attached hydrogen (secondary N) is 1. The zero-order valence-electron chi connectivity index (χ0n) is 18.6. The number of halogens is 5. The highest BCUT2D eigenvalue weighted by Gasteiger charge is 2.65. The zero-order valence-corrected chi connectivity index (χ0v) is 18.6. The van der Waals surface area contributed by atoms with Crippen LogP contribution < -0.4 is 15.8 Å². The number of methoxy groups -OCH3 is 1. The van der Waals surface area contributed by atoms with Gasteiger partial charge in [-0.15, -0.1) is 0 Å². The molecule has 1 aliphatic rings. The van der Waals surface area contributed by atoms with Crippen LogP contribution in [-0.2, 0) is 9.53 Å². The minimum atomic E-state index is -4.89. The lowest BCUT2D eigenvalue weighted by Crippen LogP contribution is -2.47. The van der Waals surface area contributed by atoms with Gasteiger partial charge in [-0.25, -0.2) is 9.37 Å². The standard InChI is InChI=1S/C22H22F5N3O4/c1-9-7-11(8-14(29-9)19(28)31)30-20(32)18-15(10(2)21(3,34-18)22(25,26)27)12-5-6-13(23)16(24)17(12)33-4/h5-8,10,15,18H,1-4H3,(H2,28,31)(H,29,30,32)/t10-,15-,18+,21-/m1/s1. The number of hydrogen-bond donors (Lipinski definition) is 2. The maximum Gasteiger partial charge on any atom is 0.417 e. The molecule has 2 amide bonds. The molecule has 3 rings (SSSR count). The highest BCUT2D eigenvalue weighted by Crippen LogP contribution is 2.55. The van der Waals surface area contributed by atoms with E-state index in [0.29, 0.717) is 5.69 Å². The van der Waals surface area contributed by atoms with Gasteiger partial charge in [-0.2, -0.15) is 17.6 Å². The van der Waals surface area contributed by atoms with Gasteiger partial charge in [-0.3, -0.25) is 9.59 Å². The third-order valence-corrected chi connectivity index (χ3v) is 6.04. The van der Waals surface area contributed by atoms with E-state index in [4.69, 9.17) is 15.2 Å². The van der Waals surface area contributed by atoms with Crippen molar-refractivity contribution < 1.29 is 41.0 Å². The molecule has 0 radical (unpaired) electrons. The number of amides is 2. The maximum absolute atomic E-state index is 14.4. The topological polar surface area (TPSA) is 104 Å². The number of carbonyl (C=O) groups is 2. The molecule has 1 aromatic carbocycles. The summed E-state index contributed by atoms with van der Waals surface area (Å²) in [5.74, 6) is -7.93. The first-order chi connectivity index (χ1) is 15.7. The van der Waals surface area contributed by atoms with Crippen LogP contribution in [0.4, 0.5) is 27.6 Å². The summed E-state index contributed by atoms with van der Waals surface area (Å²) < 4.78 is 80.3. The van der Waals surface area contributed by atoms with Crippen LogP contribution in [0.3, 0.4) is 0 Å². The number of rotatable bonds is 5. The Morgan fingerprint density at radius 3 is 2.44 bits per heavy atom. The van der Waals surface area contributed by atoms with E-state index in [0.717, 1.165) is 32.2 Å². The number of ether oxygens (including phenoxy) is 2. The van der Waals surface area contributed by atoms with Crippen molar-refractivity contribution in [1.82, 2.24) is 4.98 Å². The molecule has 12 heteroatoms. The van der Waals surface area contributed by atoms with Crippen molar-refractivity contribution in [3.63, 3.8) is 0 Å². The number of anilines is 1. The van der Waals surface area contributed by atoms with Gasteiger partial charge in [0.25, 0.3) is 11.8 Å². The van der Waals surface area contributed by atoms with Gasteiger partial charge in [-0.05, 0) is 32.0 Å². The van der Waals surface area contributed by atoms with E-state index >= 15 is 0 Å². The summed E-state index contributed by atoms with van der Waals surface area (Å²) in [5.41, 5.74) is 2.45. The lowest BCUT2D eigenvalue weighted by molar-refractivity contribution is -0.272. The van der Waals surface area contributed by atoms with E-state index < -0.39 is 58.9 Å². The molecule has 1 saturated heterocycles. The Morgan fingerprint density at radius 2 is 1.88 bits per heavy atom. The molecule has 2 aromatic rings. The molecule has 1 aliphatic heterocycles. The second-order valence-corrected chi connectivity index (χ2v) is 8.18. The Bertz CT molecular complexity index is 1140. The lowest BCUT2D eigenvalue weighted by Gasteiger charge is -2.32. The number of aryl methyl sites for hydroxylation is 1. The fourth-order valence-electron chi connectivity index (χ4n) is 4.12.